The molecule has 1 fully saturated rings. The van der Waals surface area contributed by atoms with Crippen molar-refractivity contribution >= 4 is 15.7 Å². The zero-order chi connectivity index (χ0) is 13.1. The summed E-state index contributed by atoms with van der Waals surface area (Å²) < 4.78 is 22.0. The highest BCUT2D eigenvalue weighted by Gasteiger charge is 2.25. The lowest BCUT2D eigenvalue weighted by molar-refractivity contribution is -0.134. The smallest absolute Gasteiger partial charge is 0.239 e. The van der Waals surface area contributed by atoms with Crippen LogP contribution in [0.1, 0.15) is 26.2 Å². The van der Waals surface area contributed by atoms with E-state index in [1.54, 1.807) is 4.90 Å². The van der Waals surface area contributed by atoms with Gasteiger partial charge in [0.05, 0.1) is 11.8 Å². The van der Waals surface area contributed by atoms with E-state index in [0.29, 0.717) is 5.92 Å². The molecule has 1 aliphatic rings. The van der Waals surface area contributed by atoms with Gasteiger partial charge in [0.1, 0.15) is 9.84 Å². The van der Waals surface area contributed by atoms with Gasteiger partial charge >= 0.3 is 0 Å². The summed E-state index contributed by atoms with van der Waals surface area (Å²) in [6.07, 6.45) is 3.52. The maximum Gasteiger partial charge on any atom is 0.239 e. The highest BCUT2D eigenvalue weighted by Crippen LogP contribution is 2.16. The van der Waals surface area contributed by atoms with Crippen LogP contribution in [0.3, 0.4) is 0 Å². The Hall–Kier alpha value is -0.620. The van der Waals surface area contributed by atoms with Crippen LogP contribution in [0.4, 0.5) is 0 Å². The van der Waals surface area contributed by atoms with Crippen LogP contribution in [0.25, 0.3) is 0 Å². The van der Waals surface area contributed by atoms with Crippen LogP contribution in [-0.2, 0) is 14.6 Å². The Morgan fingerprint density at radius 3 is 2.71 bits per heavy atom. The Morgan fingerprint density at radius 1 is 1.53 bits per heavy atom. The van der Waals surface area contributed by atoms with Gasteiger partial charge in [0.15, 0.2) is 0 Å². The fraction of sp³-hybridized carbons (Fsp3) is 0.909. The van der Waals surface area contributed by atoms with Crippen LogP contribution in [0, 0.1) is 5.92 Å². The second kappa shape index (κ2) is 5.82. The van der Waals surface area contributed by atoms with E-state index in [9.17, 15) is 13.2 Å². The van der Waals surface area contributed by atoms with E-state index in [4.69, 9.17) is 5.73 Å². The van der Waals surface area contributed by atoms with Crippen LogP contribution in [0.5, 0.6) is 0 Å². The number of hydrogen-bond donors (Lipinski definition) is 1. The largest absolute Gasteiger partial charge is 0.341 e. The fourth-order valence-electron chi connectivity index (χ4n) is 2.09. The lowest BCUT2D eigenvalue weighted by Gasteiger charge is -2.32. The van der Waals surface area contributed by atoms with Gasteiger partial charge < -0.3 is 10.6 Å². The second-order valence-corrected chi connectivity index (χ2v) is 7.32. The molecule has 6 heteroatoms. The van der Waals surface area contributed by atoms with Crippen LogP contribution in [0.2, 0.25) is 0 Å². The zero-order valence-corrected chi connectivity index (χ0v) is 11.4. The molecule has 1 aliphatic heterocycles. The van der Waals surface area contributed by atoms with Gasteiger partial charge in [-0.3, -0.25) is 4.79 Å². The van der Waals surface area contributed by atoms with Gasteiger partial charge in [-0.15, -0.1) is 0 Å². The summed E-state index contributed by atoms with van der Waals surface area (Å²) in [6, 6.07) is -0.685. The lowest BCUT2D eigenvalue weighted by Crippen LogP contribution is -2.48. The average molecular weight is 262 g/mol. The summed E-state index contributed by atoms with van der Waals surface area (Å²) in [6.45, 7) is 3.60. The average Bonchev–Trinajstić information content (AvgIpc) is 2.24. The van der Waals surface area contributed by atoms with E-state index in [0.717, 1.165) is 32.2 Å². The summed E-state index contributed by atoms with van der Waals surface area (Å²) in [5.74, 6) is 0.374. The predicted molar refractivity (Wildman–Crippen MR) is 67.3 cm³/mol. The normalized spacial score (nSPS) is 23.5. The molecule has 1 amide bonds. The first-order chi connectivity index (χ1) is 7.79. The highest BCUT2D eigenvalue weighted by molar-refractivity contribution is 7.90. The third kappa shape index (κ3) is 5.04. The molecule has 5 nitrogen and oxygen atoms in total. The Balaban J connectivity index is 2.45. The standard InChI is InChI=1S/C11H22N2O3S/c1-9-4-3-6-13(8-9)11(14)10(12)5-7-17(2,15)16/h9-10H,3-8,12H2,1-2H3. The molecule has 0 aromatic carbocycles. The first kappa shape index (κ1) is 14.4. The lowest BCUT2D eigenvalue weighted by atomic mass is 9.99. The molecule has 0 aromatic rings. The third-order valence-electron chi connectivity index (χ3n) is 3.09. The van der Waals surface area contributed by atoms with Crippen molar-refractivity contribution in [1.82, 2.24) is 4.90 Å². The Morgan fingerprint density at radius 2 is 2.18 bits per heavy atom. The molecule has 2 N–H and O–H groups in total. The maximum absolute atomic E-state index is 12.0. The van der Waals surface area contributed by atoms with Crippen LogP contribution in [-0.4, -0.2) is 50.4 Å². The Labute approximate surface area is 103 Å². The van der Waals surface area contributed by atoms with Crippen molar-refractivity contribution in [3.05, 3.63) is 0 Å². The monoisotopic (exact) mass is 262 g/mol. The first-order valence-corrected chi connectivity index (χ1v) is 8.08. The molecule has 1 rings (SSSR count). The number of amides is 1. The minimum atomic E-state index is -3.04. The fourth-order valence-corrected chi connectivity index (χ4v) is 2.77. The molecule has 0 saturated carbocycles. The summed E-state index contributed by atoms with van der Waals surface area (Å²) in [4.78, 5) is 13.7. The number of carbonyl (C=O) groups is 1. The minimum absolute atomic E-state index is 0.0245. The summed E-state index contributed by atoms with van der Waals surface area (Å²) in [5.41, 5.74) is 5.75. The summed E-state index contributed by atoms with van der Waals surface area (Å²) >= 11 is 0. The number of carbonyl (C=O) groups excluding carboxylic acids is 1. The van der Waals surface area contributed by atoms with E-state index < -0.39 is 15.9 Å². The quantitative estimate of drug-likeness (QED) is 0.773. The van der Waals surface area contributed by atoms with E-state index in [2.05, 4.69) is 6.92 Å². The summed E-state index contributed by atoms with van der Waals surface area (Å²) in [5, 5.41) is 0. The number of nitrogens with zero attached hydrogens (tertiary/aromatic N) is 1. The van der Waals surface area contributed by atoms with Crippen molar-refractivity contribution in [2.45, 2.75) is 32.2 Å². The van der Waals surface area contributed by atoms with Gasteiger partial charge in [-0.05, 0) is 25.2 Å². The van der Waals surface area contributed by atoms with Crippen LogP contribution in [0.15, 0.2) is 0 Å². The van der Waals surface area contributed by atoms with Crippen molar-refractivity contribution in [1.29, 1.82) is 0 Å². The molecule has 1 saturated heterocycles. The van der Waals surface area contributed by atoms with Gasteiger partial charge in [-0.2, -0.15) is 0 Å². The van der Waals surface area contributed by atoms with Gasteiger partial charge in [0.25, 0.3) is 0 Å². The van der Waals surface area contributed by atoms with Gasteiger partial charge in [0.2, 0.25) is 5.91 Å². The number of likely N-dealkylation sites (tertiary alicyclic amines) is 1. The number of nitrogens with two attached hydrogens (primary N) is 1. The second-order valence-electron chi connectivity index (χ2n) is 5.06. The van der Waals surface area contributed by atoms with Crippen molar-refractivity contribution < 1.29 is 13.2 Å². The van der Waals surface area contributed by atoms with Crippen molar-refractivity contribution in [3.63, 3.8) is 0 Å². The number of piperidine rings is 1. The third-order valence-corrected chi connectivity index (χ3v) is 4.06. The van der Waals surface area contributed by atoms with Crippen molar-refractivity contribution in [2.75, 3.05) is 25.1 Å². The number of rotatable bonds is 4. The molecular weight excluding hydrogens is 240 g/mol. The number of hydrogen-bond acceptors (Lipinski definition) is 4. The molecule has 1 heterocycles. The molecule has 2 unspecified atom stereocenters. The molecular formula is C11H22N2O3S. The van der Waals surface area contributed by atoms with Crippen molar-refractivity contribution in [2.24, 2.45) is 11.7 Å². The van der Waals surface area contributed by atoms with Gasteiger partial charge in [-0.25, -0.2) is 8.42 Å². The Kier molecular flexibility index (Phi) is 4.94. The topological polar surface area (TPSA) is 80.5 Å². The molecule has 0 aliphatic carbocycles. The molecule has 0 bridgehead atoms. The van der Waals surface area contributed by atoms with Gasteiger partial charge in [0, 0.05) is 19.3 Å². The summed E-state index contributed by atoms with van der Waals surface area (Å²) in [7, 11) is -3.04. The highest BCUT2D eigenvalue weighted by atomic mass is 32.2. The van der Waals surface area contributed by atoms with Crippen LogP contribution >= 0.6 is 0 Å². The minimum Gasteiger partial charge on any atom is -0.341 e. The van der Waals surface area contributed by atoms with Crippen molar-refractivity contribution in [3.8, 4) is 0 Å². The Bertz CT molecular complexity index is 367. The first-order valence-electron chi connectivity index (χ1n) is 6.01. The zero-order valence-electron chi connectivity index (χ0n) is 10.6. The van der Waals surface area contributed by atoms with Gasteiger partial charge in [-0.1, -0.05) is 6.92 Å². The van der Waals surface area contributed by atoms with E-state index >= 15 is 0 Å². The van der Waals surface area contributed by atoms with E-state index in [-0.39, 0.29) is 18.1 Å². The molecule has 0 aromatic heterocycles. The van der Waals surface area contributed by atoms with E-state index in [1.165, 1.54) is 0 Å². The molecule has 100 valence electrons. The molecule has 0 spiro atoms. The maximum atomic E-state index is 12.0. The van der Waals surface area contributed by atoms with E-state index in [1.807, 2.05) is 0 Å². The molecule has 0 radical (unpaired) electrons. The predicted octanol–water partition coefficient (Wildman–Crippen LogP) is 0.00690. The SMILES string of the molecule is CC1CCCN(C(=O)C(N)CCS(C)(=O)=O)C1. The number of sulfone groups is 1. The molecule has 17 heavy (non-hydrogen) atoms. The molecule has 2 atom stereocenters. The van der Waals surface area contributed by atoms with Crippen LogP contribution < -0.4 is 5.73 Å².